The third-order valence-corrected chi connectivity index (χ3v) is 5.06. The molecule has 1 heterocycles. The van der Waals surface area contributed by atoms with Crippen LogP contribution in [0.4, 0.5) is 0 Å². The topological polar surface area (TPSA) is 41.9 Å². The fraction of sp³-hybridized carbons (Fsp3) is 0.667. The fourth-order valence-corrected chi connectivity index (χ4v) is 3.67. The molecule has 1 saturated heterocycles. The van der Waals surface area contributed by atoms with Gasteiger partial charge in [-0.05, 0) is 37.1 Å². The van der Waals surface area contributed by atoms with Crippen molar-refractivity contribution in [2.24, 2.45) is 0 Å². The van der Waals surface area contributed by atoms with Crippen molar-refractivity contribution in [3.63, 3.8) is 0 Å². The second-order valence-corrected chi connectivity index (χ2v) is 7.22. The van der Waals surface area contributed by atoms with Gasteiger partial charge in [0.1, 0.15) is 18.0 Å². The number of nitrogens with zero attached hydrogens (tertiary/aromatic N) is 1. The van der Waals surface area contributed by atoms with E-state index in [2.05, 4.69) is 4.90 Å². The van der Waals surface area contributed by atoms with Gasteiger partial charge in [-0.15, -0.1) is 0 Å². The van der Waals surface area contributed by atoms with E-state index >= 15 is 0 Å². The van der Waals surface area contributed by atoms with E-state index in [4.69, 9.17) is 21.1 Å². The number of rotatable bonds is 4. The molecule has 1 aliphatic carbocycles. The Labute approximate surface area is 143 Å². The predicted octanol–water partition coefficient (Wildman–Crippen LogP) is 3.11. The zero-order valence-corrected chi connectivity index (χ0v) is 14.3. The highest BCUT2D eigenvalue weighted by molar-refractivity contribution is 6.30. The van der Waals surface area contributed by atoms with E-state index in [1.165, 1.54) is 32.1 Å². The van der Waals surface area contributed by atoms with E-state index in [-0.39, 0.29) is 6.61 Å². The average molecular weight is 340 g/mol. The minimum Gasteiger partial charge on any atom is -0.490 e. The highest BCUT2D eigenvalue weighted by Crippen LogP contribution is 2.26. The van der Waals surface area contributed by atoms with Crippen LogP contribution in [0.25, 0.3) is 0 Å². The monoisotopic (exact) mass is 339 g/mol. The molecule has 2 fully saturated rings. The molecule has 128 valence electrons. The standard InChI is InChI=1S/C18H26ClNO3/c19-15-6-8-17(9-7-15)23-14-18(21)12-20(10-11-22-13-18)16-4-2-1-3-5-16/h6-9,16,21H,1-5,10-14H2. The number of hydrogen-bond donors (Lipinski definition) is 1. The molecule has 1 atom stereocenters. The predicted molar refractivity (Wildman–Crippen MR) is 91.2 cm³/mol. The summed E-state index contributed by atoms with van der Waals surface area (Å²) >= 11 is 5.88. The number of halogens is 1. The molecule has 0 aromatic heterocycles. The van der Waals surface area contributed by atoms with Gasteiger partial charge < -0.3 is 14.6 Å². The largest absolute Gasteiger partial charge is 0.490 e. The van der Waals surface area contributed by atoms with Crippen LogP contribution < -0.4 is 4.74 Å². The zero-order valence-electron chi connectivity index (χ0n) is 13.5. The Hall–Kier alpha value is -0.810. The van der Waals surface area contributed by atoms with Crippen LogP contribution in [0.1, 0.15) is 32.1 Å². The van der Waals surface area contributed by atoms with E-state index in [9.17, 15) is 5.11 Å². The molecule has 1 saturated carbocycles. The summed E-state index contributed by atoms with van der Waals surface area (Å²) in [7, 11) is 0. The van der Waals surface area contributed by atoms with Crippen LogP contribution >= 0.6 is 11.6 Å². The molecule has 0 spiro atoms. The van der Waals surface area contributed by atoms with E-state index in [0.717, 1.165) is 12.3 Å². The molecule has 0 bridgehead atoms. The van der Waals surface area contributed by atoms with Crippen LogP contribution in [-0.4, -0.2) is 54.6 Å². The van der Waals surface area contributed by atoms with Crippen molar-refractivity contribution in [2.45, 2.75) is 43.7 Å². The van der Waals surface area contributed by atoms with Gasteiger partial charge >= 0.3 is 0 Å². The lowest BCUT2D eigenvalue weighted by Crippen LogP contribution is -2.51. The van der Waals surface area contributed by atoms with Gasteiger partial charge in [0.2, 0.25) is 0 Å². The Balaban J connectivity index is 1.60. The second kappa shape index (κ2) is 7.84. The van der Waals surface area contributed by atoms with Crippen LogP contribution in [-0.2, 0) is 4.74 Å². The maximum Gasteiger partial charge on any atom is 0.134 e. The second-order valence-electron chi connectivity index (χ2n) is 6.78. The Morgan fingerprint density at radius 3 is 2.70 bits per heavy atom. The average Bonchev–Trinajstić information content (AvgIpc) is 2.78. The van der Waals surface area contributed by atoms with Gasteiger partial charge in [-0.25, -0.2) is 0 Å². The van der Waals surface area contributed by atoms with E-state index in [1.54, 1.807) is 12.1 Å². The number of benzene rings is 1. The van der Waals surface area contributed by atoms with Crippen LogP contribution in [0.2, 0.25) is 5.02 Å². The Kier molecular flexibility index (Phi) is 5.81. The van der Waals surface area contributed by atoms with E-state index in [1.807, 2.05) is 12.1 Å². The molecule has 1 aliphatic heterocycles. The van der Waals surface area contributed by atoms with Crippen molar-refractivity contribution < 1.29 is 14.6 Å². The molecule has 0 amide bonds. The first-order valence-electron chi connectivity index (χ1n) is 8.57. The molecule has 4 nitrogen and oxygen atoms in total. The summed E-state index contributed by atoms with van der Waals surface area (Å²) in [5.41, 5.74) is -0.965. The molecule has 1 unspecified atom stereocenters. The number of ether oxygens (including phenoxy) is 2. The molecular formula is C18H26ClNO3. The van der Waals surface area contributed by atoms with Crippen molar-refractivity contribution in [3.05, 3.63) is 29.3 Å². The lowest BCUT2D eigenvalue weighted by atomic mass is 9.93. The third-order valence-electron chi connectivity index (χ3n) is 4.80. The van der Waals surface area contributed by atoms with Crippen molar-refractivity contribution in [1.82, 2.24) is 4.90 Å². The lowest BCUT2D eigenvalue weighted by Gasteiger charge is -2.37. The SMILES string of the molecule is OC1(COc2ccc(Cl)cc2)COCCN(C2CCCCC2)C1. The Morgan fingerprint density at radius 2 is 1.96 bits per heavy atom. The van der Waals surface area contributed by atoms with E-state index in [0.29, 0.717) is 30.8 Å². The van der Waals surface area contributed by atoms with Crippen molar-refractivity contribution in [2.75, 3.05) is 32.9 Å². The van der Waals surface area contributed by atoms with Gasteiger partial charge in [0.25, 0.3) is 0 Å². The lowest BCUT2D eigenvalue weighted by molar-refractivity contribution is -0.0681. The summed E-state index contributed by atoms with van der Waals surface area (Å²) in [5.74, 6) is 0.719. The smallest absolute Gasteiger partial charge is 0.134 e. The summed E-state index contributed by atoms with van der Waals surface area (Å²) < 4.78 is 11.4. The number of aliphatic hydroxyl groups is 1. The maximum absolute atomic E-state index is 11.0. The Bertz CT molecular complexity index is 490. The first-order chi connectivity index (χ1) is 11.1. The molecule has 1 aromatic carbocycles. The minimum atomic E-state index is -0.965. The van der Waals surface area contributed by atoms with Gasteiger partial charge in [-0.3, -0.25) is 4.90 Å². The first kappa shape index (κ1) is 17.0. The molecule has 23 heavy (non-hydrogen) atoms. The van der Waals surface area contributed by atoms with Crippen molar-refractivity contribution >= 4 is 11.6 Å². The minimum absolute atomic E-state index is 0.234. The molecule has 1 N–H and O–H groups in total. The van der Waals surface area contributed by atoms with Gasteiger partial charge in [-0.2, -0.15) is 0 Å². The molecule has 5 heteroatoms. The summed E-state index contributed by atoms with van der Waals surface area (Å²) in [6, 6.07) is 7.80. The number of hydrogen-bond acceptors (Lipinski definition) is 4. The van der Waals surface area contributed by atoms with Crippen molar-refractivity contribution in [1.29, 1.82) is 0 Å². The van der Waals surface area contributed by atoms with Crippen molar-refractivity contribution in [3.8, 4) is 5.75 Å². The molecule has 2 aliphatic rings. The summed E-state index contributed by atoms with van der Waals surface area (Å²) in [6.07, 6.45) is 6.39. The van der Waals surface area contributed by atoms with Crippen LogP contribution in [0.15, 0.2) is 24.3 Å². The van der Waals surface area contributed by atoms with Gasteiger partial charge in [0, 0.05) is 24.2 Å². The number of β-amino-alcohol motifs (C(OH)–C–C–N with tert-alkyl or cyclic N) is 1. The van der Waals surface area contributed by atoms with Gasteiger partial charge in [-0.1, -0.05) is 30.9 Å². The van der Waals surface area contributed by atoms with Crippen LogP contribution in [0.3, 0.4) is 0 Å². The molecule has 1 aromatic rings. The fourth-order valence-electron chi connectivity index (χ4n) is 3.54. The maximum atomic E-state index is 11.0. The molecule has 0 radical (unpaired) electrons. The van der Waals surface area contributed by atoms with Gasteiger partial charge in [0.15, 0.2) is 0 Å². The summed E-state index contributed by atoms with van der Waals surface area (Å²) in [5, 5.41) is 11.6. The molecule has 3 rings (SSSR count). The van der Waals surface area contributed by atoms with Crippen LogP contribution in [0, 0.1) is 0 Å². The summed E-state index contributed by atoms with van der Waals surface area (Å²) in [4.78, 5) is 2.40. The quantitative estimate of drug-likeness (QED) is 0.915. The van der Waals surface area contributed by atoms with Crippen LogP contribution in [0.5, 0.6) is 5.75 Å². The molecular weight excluding hydrogens is 314 g/mol. The third kappa shape index (κ3) is 4.83. The Morgan fingerprint density at radius 1 is 1.22 bits per heavy atom. The highest BCUT2D eigenvalue weighted by atomic mass is 35.5. The zero-order chi connectivity index (χ0) is 16.1. The van der Waals surface area contributed by atoms with Gasteiger partial charge in [0.05, 0.1) is 13.2 Å². The normalized spacial score (nSPS) is 27.6. The first-order valence-corrected chi connectivity index (χ1v) is 8.95. The summed E-state index contributed by atoms with van der Waals surface area (Å²) in [6.45, 7) is 2.75. The van der Waals surface area contributed by atoms with E-state index < -0.39 is 5.60 Å². The highest BCUT2D eigenvalue weighted by Gasteiger charge is 2.36.